The second-order valence-electron chi connectivity index (χ2n) is 7.64. The second kappa shape index (κ2) is 5.59. The van der Waals surface area contributed by atoms with E-state index in [1.165, 1.54) is 37.8 Å². The molecule has 1 saturated carbocycles. The molecule has 0 radical (unpaired) electrons. The molecule has 0 spiro atoms. The third-order valence-electron chi connectivity index (χ3n) is 6.14. The highest BCUT2D eigenvalue weighted by Gasteiger charge is 2.32. The molecule has 2 bridgehead atoms. The van der Waals surface area contributed by atoms with Gasteiger partial charge in [0.2, 0.25) is 0 Å². The molecule has 1 aliphatic carbocycles. The Hall–Kier alpha value is -1.88. The minimum atomic E-state index is 0.148. The smallest absolute Gasteiger partial charge is 0.261 e. The van der Waals surface area contributed by atoms with E-state index in [1.807, 2.05) is 23.0 Å². The van der Waals surface area contributed by atoms with E-state index < -0.39 is 0 Å². The van der Waals surface area contributed by atoms with Gasteiger partial charge in [-0.15, -0.1) is 0 Å². The van der Waals surface area contributed by atoms with Crippen LogP contribution in [-0.2, 0) is 6.54 Å². The lowest BCUT2D eigenvalue weighted by Gasteiger charge is -2.37. The van der Waals surface area contributed by atoms with E-state index in [-0.39, 0.29) is 5.56 Å². The normalized spacial score (nSPS) is 26.5. The molecule has 2 aliphatic heterocycles. The van der Waals surface area contributed by atoms with Crippen molar-refractivity contribution >= 4 is 0 Å². The van der Waals surface area contributed by atoms with Crippen LogP contribution < -0.4 is 10.9 Å². The van der Waals surface area contributed by atoms with Gasteiger partial charge in [-0.2, -0.15) is 0 Å². The molecule has 5 heteroatoms. The van der Waals surface area contributed by atoms with Gasteiger partial charge in [0.1, 0.15) is 5.82 Å². The zero-order valence-electron chi connectivity index (χ0n) is 13.9. The summed E-state index contributed by atoms with van der Waals surface area (Å²) in [6.07, 6.45) is 10.1. The van der Waals surface area contributed by atoms with Crippen molar-refractivity contribution in [2.45, 2.75) is 50.6 Å². The molecular formula is C19H24N4O. The van der Waals surface area contributed by atoms with Gasteiger partial charge in [0.15, 0.2) is 0 Å². The number of rotatable bonds is 2. The number of imidazole rings is 1. The Morgan fingerprint density at radius 3 is 2.92 bits per heavy atom. The molecule has 24 heavy (non-hydrogen) atoms. The first-order valence-electron chi connectivity index (χ1n) is 9.29. The van der Waals surface area contributed by atoms with Crippen molar-refractivity contribution in [3.8, 4) is 11.4 Å². The fourth-order valence-corrected chi connectivity index (χ4v) is 4.96. The largest absolute Gasteiger partial charge is 0.328 e. The van der Waals surface area contributed by atoms with Crippen LogP contribution in [0.25, 0.3) is 11.4 Å². The van der Waals surface area contributed by atoms with Gasteiger partial charge >= 0.3 is 0 Å². The van der Waals surface area contributed by atoms with Crippen LogP contribution in [0.15, 0.2) is 29.3 Å². The fraction of sp³-hybridized carbons (Fsp3) is 0.579. The van der Waals surface area contributed by atoms with Gasteiger partial charge < -0.3 is 14.5 Å². The van der Waals surface area contributed by atoms with E-state index in [4.69, 9.17) is 0 Å². The maximum atomic E-state index is 13.2. The summed E-state index contributed by atoms with van der Waals surface area (Å²) < 4.78 is 4.27. The molecule has 126 valence electrons. The van der Waals surface area contributed by atoms with E-state index in [0.717, 1.165) is 31.0 Å². The molecule has 5 rings (SSSR count). The highest BCUT2D eigenvalue weighted by molar-refractivity contribution is 5.55. The molecule has 2 aromatic rings. The highest BCUT2D eigenvalue weighted by Crippen LogP contribution is 2.34. The first kappa shape index (κ1) is 14.5. The SMILES string of the molecule is O=c1c(-c2nccn2C2CCCC2)ccc2n1C[C@@H]1CNC[C@H]2C1. The summed E-state index contributed by atoms with van der Waals surface area (Å²) in [5.74, 6) is 1.92. The van der Waals surface area contributed by atoms with Crippen molar-refractivity contribution < 1.29 is 0 Å². The van der Waals surface area contributed by atoms with Crippen molar-refractivity contribution in [1.29, 1.82) is 0 Å². The quantitative estimate of drug-likeness (QED) is 0.923. The molecular weight excluding hydrogens is 300 g/mol. The summed E-state index contributed by atoms with van der Waals surface area (Å²) in [6.45, 7) is 2.87. The first-order valence-corrected chi connectivity index (χ1v) is 9.29. The number of piperidine rings is 1. The number of hydrogen-bond donors (Lipinski definition) is 1. The van der Waals surface area contributed by atoms with Crippen LogP contribution >= 0.6 is 0 Å². The highest BCUT2D eigenvalue weighted by atomic mass is 16.1. The average Bonchev–Trinajstić information content (AvgIpc) is 3.27. The molecule has 1 saturated heterocycles. The Balaban J connectivity index is 1.60. The Kier molecular flexibility index (Phi) is 3.37. The fourth-order valence-electron chi connectivity index (χ4n) is 4.96. The lowest BCUT2D eigenvalue weighted by atomic mass is 9.84. The Morgan fingerprint density at radius 2 is 2.04 bits per heavy atom. The van der Waals surface area contributed by atoms with Gasteiger partial charge in [-0.25, -0.2) is 4.98 Å². The van der Waals surface area contributed by atoms with Crippen LogP contribution in [-0.4, -0.2) is 27.2 Å². The van der Waals surface area contributed by atoms with Crippen molar-refractivity contribution in [1.82, 2.24) is 19.4 Å². The molecule has 5 nitrogen and oxygen atoms in total. The van der Waals surface area contributed by atoms with Crippen molar-refractivity contribution in [2.24, 2.45) is 5.92 Å². The molecule has 1 N–H and O–H groups in total. The van der Waals surface area contributed by atoms with Crippen molar-refractivity contribution in [3.05, 3.63) is 40.6 Å². The molecule has 2 atom stereocenters. The second-order valence-corrected chi connectivity index (χ2v) is 7.64. The maximum Gasteiger partial charge on any atom is 0.261 e. The van der Waals surface area contributed by atoms with Gasteiger partial charge in [-0.3, -0.25) is 4.79 Å². The van der Waals surface area contributed by atoms with Gasteiger partial charge in [0.05, 0.1) is 5.56 Å². The van der Waals surface area contributed by atoms with E-state index >= 15 is 0 Å². The summed E-state index contributed by atoms with van der Waals surface area (Å²) in [7, 11) is 0. The van der Waals surface area contributed by atoms with Gasteiger partial charge in [0, 0.05) is 43.1 Å². The van der Waals surface area contributed by atoms with Crippen LogP contribution in [0, 0.1) is 5.92 Å². The maximum absolute atomic E-state index is 13.2. The van der Waals surface area contributed by atoms with Crippen LogP contribution in [0.1, 0.15) is 49.8 Å². The molecule has 3 aliphatic rings. The zero-order valence-corrected chi connectivity index (χ0v) is 13.9. The van der Waals surface area contributed by atoms with Crippen LogP contribution in [0.5, 0.6) is 0 Å². The van der Waals surface area contributed by atoms with E-state index in [2.05, 4.69) is 20.9 Å². The van der Waals surface area contributed by atoms with Crippen molar-refractivity contribution in [2.75, 3.05) is 13.1 Å². The Labute approximate surface area is 141 Å². The summed E-state index contributed by atoms with van der Waals surface area (Å²) >= 11 is 0. The summed E-state index contributed by atoms with van der Waals surface area (Å²) in [4.78, 5) is 17.7. The topological polar surface area (TPSA) is 51.9 Å². The minimum absolute atomic E-state index is 0.148. The average molecular weight is 324 g/mol. The third kappa shape index (κ3) is 2.18. The Bertz CT molecular complexity index is 815. The van der Waals surface area contributed by atoms with Gasteiger partial charge in [0.25, 0.3) is 5.56 Å². The Morgan fingerprint density at radius 1 is 1.17 bits per heavy atom. The number of fused-ring (bicyclic) bond motifs is 4. The monoisotopic (exact) mass is 324 g/mol. The number of aromatic nitrogens is 3. The number of nitrogens with zero attached hydrogens (tertiary/aromatic N) is 3. The minimum Gasteiger partial charge on any atom is -0.328 e. The molecule has 0 unspecified atom stereocenters. The molecule has 4 heterocycles. The van der Waals surface area contributed by atoms with Crippen LogP contribution in [0.2, 0.25) is 0 Å². The molecule has 0 aromatic carbocycles. The van der Waals surface area contributed by atoms with Crippen molar-refractivity contribution in [3.63, 3.8) is 0 Å². The summed E-state index contributed by atoms with van der Waals surface area (Å²) in [6, 6.07) is 4.68. The lowest BCUT2D eigenvalue weighted by molar-refractivity contribution is 0.257. The van der Waals surface area contributed by atoms with Gasteiger partial charge in [-0.05, 0) is 43.9 Å². The zero-order chi connectivity index (χ0) is 16.1. The predicted octanol–water partition coefficient (Wildman–Crippen LogP) is 2.53. The standard InChI is InChI=1S/C19H24N4O/c24-19-16(18-21-7-8-22(18)15-3-1-2-4-15)5-6-17-14-9-13(10-20-11-14)12-23(17)19/h5-8,13-15,20H,1-4,9-12H2/t13-,14+/m0/s1. The number of hydrogen-bond acceptors (Lipinski definition) is 3. The number of nitrogens with one attached hydrogen (secondary N) is 1. The van der Waals surface area contributed by atoms with Crippen LogP contribution in [0.4, 0.5) is 0 Å². The van der Waals surface area contributed by atoms with Gasteiger partial charge in [-0.1, -0.05) is 12.8 Å². The summed E-state index contributed by atoms with van der Waals surface area (Å²) in [5, 5.41) is 3.50. The molecule has 2 aromatic heterocycles. The summed E-state index contributed by atoms with van der Waals surface area (Å²) in [5.41, 5.74) is 2.12. The lowest BCUT2D eigenvalue weighted by Crippen LogP contribution is -2.45. The third-order valence-corrected chi connectivity index (χ3v) is 6.14. The number of pyridine rings is 1. The molecule has 0 amide bonds. The van der Waals surface area contributed by atoms with E-state index in [0.29, 0.717) is 17.9 Å². The molecule has 2 fully saturated rings. The predicted molar refractivity (Wildman–Crippen MR) is 93.1 cm³/mol. The van der Waals surface area contributed by atoms with E-state index in [9.17, 15) is 4.79 Å². The first-order chi connectivity index (χ1) is 11.8. The van der Waals surface area contributed by atoms with Crippen LogP contribution in [0.3, 0.4) is 0 Å². The van der Waals surface area contributed by atoms with E-state index in [1.54, 1.807) is 0 Å².